The molecule has 1 unspecified atom stereocenters. The lowest BCUT2D eigenvalue weighted by atomic mass is 10.1. The zero-order chi connectivity index (χ0) is 21.2. The second-order valence-corrected chi connectivity index (χ2v) is 7.95. The number of hydrogen-bond donors (Lipinski definition) is 2. The normalized spacial score (nSPS) is 14.8. The van der Waals surface area contributed by atoms with Crippen LogP contribution in [0, 0.1) is 0 Å². The Morgan fingerprint density at radius 3 is 2.48 bits per heavy atom. The molecule has 2 N–H and O–H groups in total. The monoisotopic (exact) mass is 534 g/mol. The second-order valence-electron chi connectivity index (χ2n) is 7.95. The van der Waals surface area contributed by atoms with Gasteiger partial charge in [0.2, 0.25) is 5.91 Å². The van der Waals surface area contributed by atoms with Crippen molar-refractivity contribution in [3.05, 3.63) is 71.3 Å². The van der Waals surface area contributed by atoms with Crippen molar-refractivity contribution >= 4 is 35.8 Å². The van der Waals surface area contributed by atoms with E-state index < -0.39 is 0 Å². The predicted octanol–water partition coefficient (Wildman–Crippen LogP) is 4.50. The first kappa shape index (κ1) is 25.2. The number of halogens is 1. The Labute approximate surface area is 203 Å². The first-order valence-electron chi connectivity index (χ1n) is 11.1. The average molecular weight is 534 g/mol. The zero-order valence-electron chi connectivity index (χ0n) is 18.6. The number of carbonyl (C=O) groups is 1. The third kappa shape index (κ3) is 8.16. The van der Waals surface area contributed by atoms with E-state index in [0.717, 1.165) is 38.3 Å². The largest absolute Gasteiger partial charge is 0.357 e. The van der Waals surface area contributed by atoms with Gasteiger partial charge in [-0.3, -0.25) is 4.79 Å². The lowest BCUT2D eigenvalue weighted by molar-refractivity contribution is -0.128. The molecular weight excluding hydrogens is 499 g/mol. The van der Waals surface area contributed by atoms with Crippen molar-refractivity contribution in [1.82, 2.24) is 15.5 Å². The number of rotatable bonds is 9. The number of guanidine groups is 1. The van der Waals surface area contributed by atoms with Crippen molar-refractivity contribution in [3.8, 4) is 0 Å². The van der Waals surface area contributed by atoms with E-state index in [1.165, 1.54) is 16.7 Å². The average Bonchev–Trinajstić information content (AvgIpc) is 3.17. The molecule has 0 aromatic heterocycles. The highest BCUT2D eigenvalue weighted by Gasteiger charge is 2.20. The van der Waals surface area contributed by atoms with Crippen LogP contribution in [-0.2, 0) is 24.3 Å². The highest BCUT2D eigenvalue weighted by atomic mass is 127. The van der Waals surface area contributed by atoms with Gasteiger partial charge in [-0.15, -0.1) is 24.0 Å². The van der Waals surface area contributed by atoms with Crippen LogP contribution >= 0.6 is 24.0 Å². The quantitative estimate of drug-likeness (QED) is 0.283. The summed E-state index contributed by atoms with van der Waals surface area (Å²) in [6.45, 7) is 7.24. The van der Waals surface area contributed by atoms with Crippen molar-refractivity contribution in [2.75, 3.05) is 13.1 Å². The highest BCUT2D eigenvalue weighted by molar-refractivity contribution is 14.0. The van der Waals surface area contributed by atoms with Gasteiger partial charge in [-0.05, 0) is 49.8 Å². The maximum Gasteiger partial charge on any atom is 0.222 e. The van der Waals surface area contributed by atoms with E-state index in [2.05, 4.69) is 66.9 Å². The van der Waals surface area contributed by atoms with Crippen molar-refractivity contribution < 1.29 is 4.79 Å². The van der Waals surface area contributed by atoms with Gasteiger partial charge in [0.1, 0.15) is 0 Å². The molecule has 0 spiro atoms. The van der Waals surface area contributed by atoms with E-state index in [1.807, 2.05) is 17.0 Å². The van der Waals surface area contributed by atoms with Gasteiger partial charge >= 0.3 is 0 Å². The molecule has 0 aliphatic carbocycles. The minimum absolute atomic E-state index is 0. The molecule has 5 nitrogen and oxygen atoms in total. The highest BCUT2D eigenvalue weighted by Crippen LogP contribution is 2.18. The summed E-state index contributed by atoms with van der Waals surface area (Å²) in [4.78, 5) is 18.8. The standard InChI is InChI=1S/C25H34N4O.HI/c1-3-26-25(28-20(2)15-16-21-10-5-4-6-11-21)27-18-22-12-7-8-13-23(22)19-29-17-9-14-24(29)30;/h4-8,10-13,20H,3,9,14-19H2,1-2H3,(H2,26,27,28);1H. The lowest BCUT2D eigenvalue weighted by Crippen LogP contribution is -2.42. The Hall–Kier alpha value is -2.09. The molecule has 168 valence electrons. The number of aryl methyl sites for hydroxylation is 1. The molecule has 1 amide bonds. The number of nitrogens with zero attached hydrogens (tertiary/aromatic N) is 2. The number of amides is 1. The molecule has 3 rings (SSSR count). The van der Waals surface area contributed by atoms with E-state index in [1.54, 1.807) is 0 Å². The van der Waals surface area contributed by atoms with Crippen LogP contribution in [0.3, 0.4) is 0 Å². The summed E-state index contributed by atoms with van der Waals surface area (Å²) in [5.41, 5.74) is 3.72. The molecule has 6 heteroatoms. The van der Waals surface area contributed by atoms with Crippen LogP contribution in [0.4, 0.5) is 0 Å². The van der Waals surface area contributed by atoms with Crippen LogP contribution in [0.15, 0.2) is 59.6 Å². The fourth-order valence-electron chi connectivity index (χ4n) is 3.76. The van der Waals surface area contributed by atoms with Gasteiger partial charge in [-0.25, -0.2) is 4.99 Å². The summed E-state index contributed by atoms with van der Waals surface area (Å²) in [5, 5.41) is 6.89. The van der Waals surface area contributed by atoms with Gasteiger partial charge in [0.15, 0.2) is 5.96 Å². The predicted molar refractivity (Wildman–Crippen MR) is 139 cm³/mol. The molecule has 1 atom stereocenters. The van der Waals surface area contributed by atoms with Gasteiger partial charge in [-0.1, -0.05) is 54.6 Å². The Morgan fingerprint density at radius 1 is 1.10 bits per heavy atom. The van der Waals surface area contributed by atoms with Crippen molar-refractivity contribution in [1.29, 1.82) is 0 Å². The van der Waals surface area contributed by atoms with E-state index in [0.29, 0.717) is 25.6 Å². The fourth-order valence-corrected chi connectivity index (χ4v) is 3.76. The first-order chi connectivity index (χ1) is 14.7. The SMILES string of the molecule is CCNC(=NCc1ccccc1CN1CCCC1=O)NC(C)CCc1ccccc1.I. The van der Waals surface area contributed by atoms with E-state index in [9.17, 15) is 4.79 Å². The summed E-state index contributed by atoms with van der Waals surface area (Å²) >= 11 is 0. The summed E-state index contributed by atoms with van der Waals surface area (Å²) in [6.07, 6.45) is 3.73. The topological polar surface area (TPSA) is 56.7 Å². The zero-order valence-corrected chi connectivity index (χ0v) is 21.0. The number of hydrogen-bond acceptors (Lipinski definition) is 2. The Morgan fingerprint density at radius 2 is 1.81 bits per heavy atom. The van der Waals surface area contributed by atoms with E-state index in [4.69, 9.17) is 4.99 Å². The molecule has 1 heterocycles. The van der Waals surface area contributed by atoms with Gasteiger partial charge in [0.25, 0.3) is 0 Å². The number of carbonyl (C=O) groups excluding carboxylic acids is 1. The fraction of sp³-hybridized carbons (Fsp3) is 0.440. The van der Waals surface area contributed by atoms with Crippen molar-refractivity contribution in [2.45, 2.75) is 58.7 Å². The molecule has 0 radical (unpaired) electrons. The lowest BCUT2D eigenvalue weighted by Gasteiger charge is -2.19. The van der Waals surface area contributed by atoms with Crippen LogP contribution in [0.1, 0.15) is 49.8 Å². The number of nitrogens with one attached hydrogen (secondary N) is 2. The van der Waals surface area contributed by atoms with Crippen molar-refractivity contribution in [3.63, 3.8) is 0 Å². The van der Waals surface area contributed by atoms with Crippen LogP contribution in [0.25, 0.3) is 0 Å². The summed E-state index contributed by atoms with van der Waals surface area (Å²) in [7, 11) is 0. The number of likely N-dealkylation sites (tertiary alicyclic amines) is 1. The second kappa shape index (κ2) is 13.3. The van der Waals surface area contributed by atoms with Crippen LogP contribution in [0.5, 0.6) is 0 Å². The summed E-state index contributed by atoms with van der Waals surface area (Å²) < 4.78 is 0. The minimum atomic E-state index is 0. The van der Waals surface area contributed by atoms with Gasteiger partial charge in [0, 0.05) is 32.1 Å². The molecule has 0 saturated carbocycles. The Kier molecular flexibility index (Phi) is 10.8. The van der Waals surface area contributed by atoms with Crippen LogP contribution in [-0.4, -0.2) is 35.9 Å². The third-order valence-corrected chi connectivity index (χ3v) is 5.49. The van der Waals surface area contributed by atoms with Gasteiger partial charge in [-0.2, -0.15) is 0 Å². The molecule has 1 saturated heterocycles. The summed E-state index contributed by atoms with van der Waals surface area (Å²) in [6, 6.07) is 19.2. The van der Waals surface area contributed by atoms with E-state index in [-0.39, 0.29) is 29.9 Å². The van der Waals surface area contributed by atoms with E-state index >= 15 is 0 Å². The maximum absolute atomic E-state index is 12.0. The van der Waals surface area contributed by atoms with Gasteiger partial charge in [0.05, 0.1) is 6.54 Å². The minimum Gasteiger partial charge on any atom is -0.357 e. The molecule has 2 aromatic carbocycles. The maximum atomic E-state index is 12.0. The molecular formula is C25H35IN4O. The third-order valence-electron chi connectivity index (χ3n) is 5.49. The molecule has 0 bridgehead atoms. The number of benzene rings is 2. The molecule has 31 heavy (non-hydrogen) atoms. The van der Waals surface area contributed by atoms with Crippen molar-refractivity contribution in [2.24, 2.45) is 4.99 Å². The molecule has 1 fully saturated rings. The smallest absolute Gasteiger partial charge is 0.222 e. The summed E-state index contributed by atoms with van der Waals surface area (Å²) in [5.74, 6) is 1.10. The molecule has 1 aliphatic heterocycles. The Bertz CT molecular complexity index is 840. The Balaban J connectivity index is 0.00000341. The first-order valence-corrected chi connectivity index (χ1v) is 11.1. The molecule has 2 aromatic rings. The molecule has 1 aliphatic rings. The number of aliphatic imine (C=N–C) groups is 1. The van der Waals surface area contributed by atoms with Crippen LogP contribution < -0.4 is 10.6 Å². The van der Waals surface area contributed by atoms with Crippen LogP contribution in [0.2, 0.25) is 0 Å². The van der Waals surface area contributed by atoms with Gasteiger partial charge < -0.3 is 15.5 Å².